The Bertz CT molecular complexity index is 1280. The number of ether oxygens (including phenoxy) is 1. The van der Waals surface area contributed by atoms with Crippen LogP contribution in [0.15, 0.2) is 41.2 Å². The SMILES string of the molecule is CCNC(=O)Cn1c(-c2ccc(F)c(OC)c2)nc2ccc(N3CCCN(CC)CC3)cc2c1=O. The van der Waals surface area contributed by atoms with E-state index in [0.29, 0.717) is 23.0 Å². The molecule has 0 saturated carbocycles. The van der Waals surface area contributed by atoms with E-state index < -0.39 is 5.82 Å². The Labute approximate surface area is 204 Å². The third-order valence-corrected chi connectivity index (χ3v) is 6.42. The molecule has 0 bridgehead atoms. The quantitative estimate of drug-likeness (QED) is 0.559. The standard InChI is InChI=1S/C26H32FN5O3/c1-4-28-24(33)17-32-25(18-7-9-21(27)23(15-18)35-3)29-22-10-8-19(16-20(22)26(32)34)31-12-6-11-30(5-2)13-14-31/h7-10,15-16H,4-6,11-14,17H2,1-3H3,(H,28,33). The number of amides is 1. The predicted molar refractivity (Wildman–Crippen MR) is 136 cm³/mol. The maximum Gasteiger partial charge on any atom is 0.262 e. The van der Waals surface area contributed by atoms with Crippen LogP contribution in [0.25, 0.3) is 22.3 Å². The first-order valence-electron chi connectivity index (χ1n) is 12.1. The number of likely N-dealkylation sites (N-methyl/N-ethyl adjacent to an activating group) is 2. The lowest BCUT2D eigenvalue weighted by Crippen LogP contribution is -2.34. The van der Waals surface area contributed by atoms with E-state index in [-0.39, 0.29) is 29.6 Å². The minimum atomic E-state index is -0.515. The second-order valence-electron chi connectivity index (χ2n) is 8.61. The number of carbonyl (C=O) groups excluding carboxylic acids is 1. The van der Waals surface area contributed by atoms with E-state index in [4.69, 9.17) is 9.72 Å². The summed E-state index contributed by atoms with van der Waals surface area (Å²) in [6.45, 7) is 9.10. The molecule has 1 aliphatic rings. The number of carbonyl (C=O) groups is 1. The van der Waals surface area contributed by atoms with Crippen molar-refractivity contribution in [3.8, 4) is 17.1 Å². The van der Waals surface area contributed by atoms with Crippen molar-refractivity contribution in [2.24, 2.45) is 0 Å². The highest BCUT2D eigenvalue weighted by molar-refractivity contribution is 5.84. The number of nitrogens with one attached hydrogen (secondary N) is 1. The fourth-order valence-electron chi connectivity index (χ4n) is 4.51. The molecule has 2 heterocycles. The fraction of sp³-hybridized carbons (Fsp3) is 0.423. The van der Waals surface area contributed by atoms with E-state index in [1.165, 1.54) is 29.9 Å². The molecule has 0 aliphatic carbocycles. The van der Waals surface area contributed by atoms with E-state index in [0.717, 1.165) is 44.8 Å². The molecular weight excluding hydrogens is 449 g/mol. The van der Waals surface area contributed by atoms with Gasteiger partial charge in [0.15, 0.2) is 11.6 Å². The molecule has 0 spiro atoms. The molecule has 1 aromatic heterocycles. The number of fused-ring (bicyclic) bond motifs is 1. The average molecular weight is 482 g/mol. The summed E-state index contributed by atoms with van der Waals surface area (Å²) in [5.74, 6) is -0.486. The van der Waals surface area contributed by atoms with E-state index in [2.05, 4.69) is 22.0 Å². The normalized spacial score (nSPS) is 14.7. The van der Waals surface area contributed by atoms with Crippen molar-refractivity contribution in [2.45, 2.75) is 26.8 Å². The molecule has 0 unspecified atom stereocenters. The number of nitrogens with zero attached hydrogens (tertiary/aromatic N) is 4. The highest BCUT2D eigenvalue weighted by Gasteiger charge is 2.19. The van der Waals surface area contributed by atoms with Gasteiger partial charge in [-0.15, -0.1) is 0 Å². The summed E-state index contributed by atoms with van der Waals surface area (Å²) in [6, 6.07) is 9.99. The second kappa shape index (κ2) is 10.9. The Morgan fingerprint density at radius 3 is 2.69 bits per heavy atom. The highest BCUT2D eigenvalue weighted by Crippen LogP contribution is 2.27. The largest absolute Gasteiger partial charge is 0.494 e. The topological polar surface area (TPSA) is 79.7 Å². The van der Waals surface area contributed by atoms with Crippen LogP contribution in [0.4, 0.5) is 10.1 Å². The Kier molecular flexibility index (Phi) is 7.65. The van der Waals surface area contributed by atoms with E-state index in [9.17, 15) is 14.0 Å². The number of anilines is 1. The van der Waals surface area contributed by atoms with E-state index >= 15 is 0 Å². The molecule has 0 atom stereocenters. The summed E-state index contributed by atoms with van der Waals surface area (Å²) in [7, 11) is 1.38. The van der Waals surface area contributed by atoms with Crippen molar-refractivity contribution in [3.05, 3.63) is 52.6 Å². The predicted octanol–water partition coefficient (Wildman–Crippen LogP) is 2.88. The van der Waals surface area contributed by atoms with Gasteiger partial charge in [0, 0.05) is 37.4 Å². The molecular formula is C26H32FN5O3. The van der Waals surface area contributed by atoms with E-state index in [1.54, 1.807) is 0 Å². The first-order valence-corrected chi connectivity index (χ1v) is 12.1. The monoisotopic (exact) mass is 481 g/mol. The Morgan fingerprint density at radius 2 is 1.94 bits per heavy atom. The van der Waals surface area contributed by atoms with Crippen LogP contribution in [0.1, 0.15) is 20.3 Å². The van der Waals surface area contributed by atoms with Crippen molar-refractivity contribution in [3.63, 3.8) is 0 Å². The van der Waals surface area contributed by atoms with Crippen LogP contribution in [0.2, 0.25) is 0 Å². The van der Waals surface area contributed by atoms with Crippen LogP contribution in [-0.4, -0.2) is 66.7 Å². The number of methoxy groups -OCH3 is 1. The van der Waals surface area contributed by atoms with Gasteiger partial charge in [0.1, 0.15) is 12.4 Å². The lowest BCUT2D eigenvalue weighted by molar-refractivity contribution is -0.121. The van der Waals surface area contributed by atoms with Gasteiger partial charge in [0.25, 0.3) is 5.56 Å². The Balaban J connectivity index is 1.82. The van der Waals surface area contributed by atoms with Crippen LogP contribution < -0.4 is 20.5 Å². The Morgan fingerprint density at radius 1 is 1.11 bits per heavy atom. The van der Waals surface area contributed by atoms with Gasteiger partial charge in [-0.2, -0.15) is 0 Å². The van der Waals surface area contributed by atoms with Gasteiger partial charge in [0.05, 0.1) is 18.0 Å². The molecule has 1 saturated heterocycles. The maximum atomic E-state index is 14.0. The molecule has 8 nitrogen and oxygen atoms in total. The van der Waals surface area contributed by atoms with Crippen molar-refractivity contribution in [1.29, 1.82) is 0 Å². The summed E-state index contributed by atoms with van der Waals surface area (Å²) < 4.78 is 20.5. The summed E-state index contributed by atoms with van der Waals surface area (Å²) in [5.41, 5.74) is 1.67. The van der Waals surface area contributed by atoms with Crippen LogP contribution in [0, 0.1) is 5.82 Å². The number of hydrogen-bond donors (Lipinski definition) is 1. The van der Waals surface area contributed by atoms with Gasteiger partial charge in [-0.3, -0.25) is 14.2 Å². The smallest absolute Gasteiger partial charge is 0.262 e. The molecule has 3 aromatic rings. The van der Waals surface area contributed by atoms with Gasteiger partial charge in [-0.05, 0) is 62.8 Å². The van der Waals surface area contributed by atoms with Crippen LogP contribution in [-0.2, 0) is 11.3 Å². The molecule has 1 fully saturated rings. The number of halogens is 1. The van der Waals surface area contributed by atoms with Gasteiger partial charge in [-0.1, -0.05) is 6.92 Å². The zero-order valence-electron chi connectivity index (χ0n) is 20.5. The first-order chi connectivity index (χ1) is 16.9. The molecule has 2 aromatic carbocycles. The zero-order chi connectivity index (χ0) is 24.9. The number of benzene rings is 2. The minimum Gasteiger partial charge on any atom is -0.494 e. The average Bonchev–Trinajstić information content (AvgIpc) is 3.12. The molecule has 1 amide bonds. The van der Waals surface area contributed by atoms with Crippen LogP contribution in [0.3, 0.4) is 0 Å². The lowest BCUT2D eigenvalue weighted by atomic mass is 10.1. The molecule has 186 valence electrons. The number of rotatable bonds is 7. The summed E-state index contributed by atoms with van der Waals surface area (Å²) in [6.07, 6.45) is 1.05. The van der Waals surface area contributed by atoms with Gasteiger partial charge in [0.2, 0.25) is 5.91 Å². The number of hydrogen-bond acceptors (Lipinski definition) is 6. The van der Waals surface area contributed by atoms with E-state index in [1.807, 2.05) is 25.1 Å². The summed E-state index contributed by atoms with van der Waals surface area (Å²) in [5, 5.41) is 3.18. The lowest BCUT2D eigenvalue weighted by Gasteiger charge is -2.23. The molecule has 0 radical (unpaired) electrons. The molecule has 9 heteroatoms. The van der Waals surface area contributed by atoms with Crippen LogP contribution in [0.5, 0.6) is 5.75 Å². The zero-order valence-corrected chi connectivity index (χ0v) is 20.5. The Hall–Kier alpha value is -3.46. The van der Waals surface area contributed by atoms with Crippen molar-refractivity contribution in [1.82, 2.24) is 19.8 Å². The number of aromatic nitrogens is 2. The second-order valence-corrected chi connectivity index (χ2v) is 8.61. The van der Waals surface area contributed by atoms with Crippen molar-refractivity contribution < 1.29 is 13.9 Å². The third kappa shape index (κ3) is 5.30. The first kappa shape index (κ1) is 24.7. The minimum absolute atomic E-state index is 0.0408. The summed E-state index contributed by atoms with van der Waals surface area (Å²) in [4.78, 5) is 35.6. The molecule has 35 heavy (non-hydrogen) atoms. The van der Waals surface area contributed by atoms with Crippen LogP contribution >= 0.6 is 0 Å². The third-order valence-electron chi connectivity index (χ3n) is 6.42. The maximum absolute atomic E-state index is 14.0. The fourth-order valence-corrected chi connectivity index (χ4v) is 4.51. The summed E-state index contributed by atoms with van der Waals surface area (Å²) >= 11 is 0. The molecule has 1 aliphatic heterocycles. The molecule has 4 rings (SSSR count). The van der Waals surface area contributed by atoms with Crippen molar-refractivity contribution >= 4 is 22.5 Å². The van der Waals surface area contributed by atoms with Crippen molar-refractivity contribution in [2.75, 3.05) is 51.3 Å². The van der Waals surface area contributed by atoms with Gasteiger partial charge >= 0.3 is 0 Å². The highest BCUT2D eigenvalue weighted by atomic mass is 19.1. The van der Waals surface area contributed by atoms with Gasteiger partial charge < -0.3 is 19.9 Å². The molecule has 1 N–H and O–H groups in total. The van der Waals surface area contributed by atoms with Gasteiger partial charge in [-0.25, -0.2) is 9.37 Å².